The van der Waals surface area contributed by atoms with Crippen molar-refractivity contribution in [2.45, 2.75) is 44.9 Å². The number of rotatable bonds is 4. The maximum absolute atomic E-state index is 11.5. The highest BCUT2D eigenvalue weighted by Crippen LogP contribution is 2.08. The molecule has 0 heterocycles. The third-order valence-corrected chi connectivity index (χ3v) is 3.86. The highest BCUT2D eigenvalue weighted by Gasteiger charge is 2.27. The van der Waals surface area contributed by atoms with Crippen molar-refractivity contribution < 1.29 is 13.2 Å². The van der Waals surface area contributed by atoms with E-state index in [0.29, 0.717) is 0 Å². The quantitative estimate of drug-likeness (QED) is 0.761. The van der Waals surface area contributed by atoms with Crippen LogP contribution in [0.3, 0.4) is 0 Å². The Kier molecular flexibility index (Phi) is 4.12. The molecule has 0 unspecified atom stereocenters. The summed E-state index contributed by atoms with van der Waals surface area (Å²) in [6.45, 7) is 7.06. The van der Waals surface area contributed by atoms with Gasteiger partial charge in [0.1, 0.15) is 5.25 Å². The first-order valence-electron chi connectivity index (χ1n) is 4.61. The van der Waals surface area contributed by atoms with Gasteiger partial charge in [-0.1, -0.05) is 6.92 Å². The third kappa shape index (κ3) is 4.09. The third-order valence-electron chi connectivity index (χ3n) is 2.36. The van der Waals surface area contributed by atoms with Gasteiger partial charge in [-0.05, 0) is 27.2 Å². The topological polar surface area (TPSA) is 63.2 Å². The summed E-state index contributed by atoms with van der Waals surface area (Å²) < 4.78 is 22.2. The van der Waals surface area contributed by atoms with Gasteiger partial charge >= 0.3 is 0 Å². The van der Waals surface area contributed by atoms with Crippen LogP contribution in [0.4, 0.5) is 0 Å². The lowest BCUT2D eigenvalue weighted by Gasteiger charge is -2.25. The monoisotopic (exact) mass is 221 g/mol. The Balaban J connectivity index is 4.53. The van der Waals surface area contributed by atoms with E-state index in [-0.39, 0.29) is 5.54 Å². The van der Waals surface area contributed by atoms with Crippen molar-refractivity contribution >= 4 is 15.7 Å². The van der Waals surface area contributed by atoms with Crippen LogP contribution >= 0.6 is 0 Å². The molecule has 1 N–H and O–H groups in total. The average molecular weight is 221 g/mol. The molecule has 1 amide bonds. The van der Waals surface area contributed by atoms with Crippen molar-refractivity contribution in [1.82, 2.24) is 5.32 Å². The zero-order valence-electron chi connectivity index (χ0n) is 9.42. The molecule has 0 saturated heterocycles. The molecule has 0 bridgehead atoms. The van der Waals surface area contributed by atoms with Crippen LogP contribution in [0.5, 0.6) is 0 Å². The Morgan fingerprint density at radius 2 is 1.86 bits per heavy atom. The van der Waals surface area contributed by atoms with Crippen LogP contribution in [-0.4, -0.2) is 31.4 Å². The summed E-state index contributed by atoms with van der Waals surface area (Å²) in [7, 11) is -3.29. The SMILES string of the molecule is CCC(C)(C)NC(=O)[C@H](C)S(C)(=O)=O. The van der Waals surface area contributed by atoms with E-state index in [4.69, 9.17) is 0 Å². The first-order chi connectivity index (χ1) is 6.10. The molecule has 0 fully saturated rings. The van der Waals surface area contributed by atoms with Gasteiger partial charge in [0.05, 0.1) is 0 Å². The molecular formula is C9H19NO3S. The second kappa shape index (κ2) is 4.29. The maximum atomic E-state index is 11.5. The van der Waals surface area contributed by atoms with Crippen LogP contribution in [0, 0.1) is 0 Å². The number of sulfone groups is 1. The van der Waals surface area contributed by atoms with Crippen LogP contribution in [0.15, 0.2) is 0 Å². The van der Waals surface area contributed by atoms with Crippen LogP contribution in [0.25, 0.3) is 0 Å². The fraction of sp³-hybridized carbons (Fsp3) is 0.889. The van der Waals surface area contributed by atoms with E-state index in [9.17, 15) is 13.2 Å². The molecule has 0 aliphatic rings. The van der Waals surface area contributed by atoms with Crippen molar-refractivity contribution in [2.24, 2.45) is 0 Å². The molecule has 0 aromatic heterocycles. The molecular weight excluding hydrogens is 202 g/mol. The first-order valence-corrected chi connectivity index (χ1v) is 6.56. The van der Waals surface area contributed by atoms with E-state index in [1.807, 2.05) is 20.8 Å². The molecule has 0 radical (unpaired) electrons. The molecule has 0 aliphatic carbocycles. The molecule has 14 heavy (non-hydrogen) atoms. The summed E-state index contributed by atoms with van der Waals surface area (Å²) in [6.07, 6.45) is 1.82. The number of hydrogen-bond donors (Lipinski definition) is 1. The standard InChI is InChI=1S/C9H19NO3S/c1-6-9(3,4)10-8(11)7(2)14(5,12)13/h7H,6H2,1-5H3,(H,10,11)/t7-/m0/s1. The molecule has 1 atom stereocenters. The summed E-state index contributed by atoms with van der Waals surface area (Å²) in [5.41, 5.74) is -0.351. The Morgan fingerprint density at radius 1 is 1.43 bits per heavy atom. The number of amides is 1. The van der Waals surface area contributed by atoms with Crippen LogP contribution in [-0.2, 0) is 14.6 Å². The van der Waals surface area contributed by atoms with Gasteiger partial charge in [0.25, 0.3) is 0 Å². The lowest BCUT2D eigenvalue weighted by atomic mass is 10.0. The molecule has 5 heteroatoms. The minimum Gasteiger partial charge on any atom is -0.350 e. The summed E-state index contributed by atoms with van der Waals surface area (Å²) >= 11 is 0. The Morgan fingerprint density at radius 3 is 2.14 bits per heavy atom. The van der Waals surface area contributed by atoms with E-state index in [2.05, 4.69) is 5.32 Å². The second-order valence-electron chi connectivity index (χ2n) is 4.20. The minimum absolute atomic E-state index is 0.351. The van der Waals surface area contributed by atoms with Crippen molar-refractivity contribution in [1.29, 1.82) is 0 Å². The lowest BCUT2D eigenvalue weighted by molar-refractivity contribution is -0.122. The van der Waals surface area contributed by atoms with E-state index < -0.39 is 21.0 Å². The highest BCUT2D eigenvalue weighted by molar-refractivity contribution is 7.92. The second-order valence-corrected chi connectivity index (χ2v) is 6.56. The van der Waals surface area contributed by atoms with Gasteiger partial charge in [-0.3, -0.25) is 4.79 Å². The summed E-state index contributed by atoms with van der Waals surface area (Å²) in [4.78, 5) is 11.5. The van der Waals surface area contributed by atoms with Gasteiger partial charge in [-0.15, -0.1) is 0 Å². The number of carbonyl (C=O) groups is 1. The molecule has 0 saturated carbocycles. The summed E-state index contributed by atoms with van der Waals surface area (Å²) in [5.74, 6) is -0.431. The van der Waals surface area contributed by atoms with Gasteiger partial charge in [0, 0.05) is 11.8 Å². The van der Waals surface area contributed by atoms with Gasteiger partial charge in [0.2, 0.25) is 5.91 Å². The predicted octanol–water partition coefficient (Wildman–Crippen LogP) is 0.724. The fourth-order valence-electron chi connectivity index (χ4n) is 0.718. The van der Waals surface area contributed by atoms with E-state index in [0.717, 1.165) is 12.7 Å². The normalized spacial score (nSPS) is 14.9. The van der Waals surface area contributed by atoms with E-state index >= 15 is 0 Å². The van der Waals surface area contributed by atoms with Gasteiger partial charge in [-0.25, -0.2) is 8.42 Å². The number of hydrogen-bond acceptors (Lipinski definition) is 3. The predicted molar refractivity (Wildman–Crippen MR) is 56.8 cm³/mol. The first kappa shape index (κ1) is 13.4. The molecule has 0 aromatic carbocycles. The van der Waals surface area contributed by atoms with Gasteiger partial charge in [-0.2, -0.15) is 0 Å². The Bertz CT molecular complexity index is 306. The Hall–Kier alpha value is -0.580. The van der Waals surface area contributed by atoms with Crippen molar-refractivity contribution in [2.75, 3.05) is 6.26 Å². The maximum Gasteiger partial charge on any atom is 0.238 e. The average Bonchev–Trinajstić information content (AvgIpc) is 2.00. The molecule has 84 valence electrons. The molecule has 0 aromatic rings. The zero-order valence-corrected chi connectivity index (χ0v) is 10.2. The summed E-state index contributed by atoms with van der Waals surface area (Å²) in [5, 5.41) is 1.72. The molecule has 0 aliphatic heterocycles. The highest BCUT2D eigenvalue weighted by atomic mass is 32.2. The number of carbonyl (C=O) groups excluding carboxylic acids is 1. The van der Waals surface area contributed by atoms with Crippen molar-refractivity contribution in [3.8, 4) is 0 Å². The van der Waals surface area contributed by atoms with Crippen LogP contribution < -0.4 is 5.32 Å². The largest absolute Gasteiger partial charge is 0.350 e. The Labute approximate surface area is 86.0 Å². The molecule has 0 spiro atoms. The van der Waals surface area contributed by atoms with E-state index in [1.165, 1.54) is 6.92 Å². The molecule has 0 rings (SSSR count). The minimum atomic E-state index is -3.29. The fourth-order valence-corrected chi connectivity index (χ4v) is 1.17. The van der Waals surface area contributed by atoms with Crippen LogP contribution in [0.1, 0.15) is 34.1 Å². The van der Waals surface area contributed by atoms with E-state index in [1.54, 1.807) is 0 Å². The van der Waals surface area contributed by atoms with Gasteiger partial charge < -0.3 is 5.32 Å². The lowest BCUT2D eigenvalue weighted by Crippen LogP contribution is -2.48. The van der Waals surface area contributed by atoms with Crippen molar-refractivity contribution in [3.63, 3.8) is 0 Å². The van der Waals surface area contributed by atoms with Gasteiger partial charge in [0.15, 0.2) is 9.84 Å². The molecule has 4 nitrogen and oxygen atoms in total. The summed E-state index contributed by atoms with van der Waals surface area (Å²) in [6, 6.07) is 0. The zero-order chi connectivity index (χ0) is 11.6. The number of nitrogens with one attached hydrogen (secondary N) is 1. The van der Waals surface area contributed by atoms with Crippen LogP contribution in [0.2, 0.25) is 0 Å². The smallest absolute Gasteiger partial charge is 0.238 e. The van der Waals surface area contributed by atoms with Crippen molar-refractivity contribution in [3.05, 3.63) is 0 Å².